The fourth-order valence-electron chi connectivity index (χ4n) is 3.64. The molecule has 12 heteroatoms. The van der Waals surface area contributed by atoms with E-state index in [0.29, 0.717) is 34.2 Å². The molecule has 2 amide bonds. The van der Waals surface area contributed by atoms with Gasteiger partial charge in [-0.25, -0.2) is 0 Å². The Balaban J connectivity index is 1.14. The number of aryl methyl sites for hydroxylation is 2. The first-order chi connectivity index (χ1) is 18.5. The van der Waals surface area contributed by atoms with Crippen LogP contribution in [-0.4, -0.2) is 42.4 Å². The molecule has 4 N–H and O–H groups in total. The zero-order chi connectivity index (χ0) is 26.7. The van der Waals surface area contributed by atoms with Gasteiger partial charge in [-0.3, -0.25) is 9.59 Å². The average Bonchev–Trinajstić information content (AvgIpc) is 3.56. The van der Waals surface area contributed by atoms with Gasteiger partial charge in [0.2, 0.25) is 22.1 Å². The number of nitrogens with one attached hydrogen (secondary N) is 2. The molecule has 0 aliphatic rings. The predicted molar refractivity (Wildman–Crippen MR) is 146 cm³/mol. The van der Waals surface area contributed by atoms with Gasteiger partial charge in [-0.15, -0.1) is 20.4 Å². The highest BCUT2D eigenvalue weighted by Crippen LogP contribution is 2.23. The van der Waals surface area contributed by atoms with Crippen LogP contribution in [0.2, 0.25) is 0 Å². The molecule has 0 unspecified atom stereocenters. The molecule has 38 heavy (non-hydrogen) atoms. The molecule has 0 fully saturated rings. The zero-order valence-electron chi connectivity index (χ0n) is 20.5. The number of rotatable bonds is 13. The van der Waals surface area contributed by atoms with Gasteiger partial charge in [-0.05, 0) is 24.0 Å². The fourth-order valence-corrected chi connectivity index (χ4v) is 5.24. The first-order valence-corrected chi connectivity index (χ1v) is 13.8. The van der Waals surface area contributed by atoms with Crippen LogP contribution in [0.3, 0.4) is 0 Å². The minimum Gasteiger partial charge on any atom is -0.388 e. The Morgan fingerprint density at radius 2 is 1.05 bits per heavy atom. The van der Waals surface area contributed by atoms with Crippen molar-refractivity contribution in [2.75, 3.05) is 10.6 Å². The standard InChI is InChI=1S/C26H28N6O4S2/c33-19(17-9-3-1-4-10-17)15-21(35)27-25-31-29-23(37-25)13-7-8-14-24-30-32-26(38-24)28-22(36)16-20(34)18-11-5-2-6-12-18/h1-6,9-12,19-20,33-34H,7-8,13-16H2,(H,27,31,35)(H,28,32,36)/t19-,20+. The lowest BCUT2D eigenvalue weighted by atomic mass is 10.1. The molecular weight excluding hydrogens is 524 g/mol. The summed E-state index contributed by atoms with van der Waals surface area (Å²) in [4.78, 5) is 24.5. The number of unbranched alkanes of at least 4 members (excludes halogenated alkanes) is 1. The number of anilines is 2. The second-order valence-corrected chi connectivity index (χ2v) is 10.7. The number of carbonyl (C=O) groups is 2. The first kappa shape index (κ1) is 27.5. The maximum atomic E-state index is 12.2. The Bertz CT molecular complexity index is 1210. The Hall–Kier alpha value is -3.58. The Morgan fingerprint density at radius 3 is 1.45 bits per heavy atom. The van der Waals surface area contributed by atoms with Gasteiger partial charge in [0, 0.05) is 12.8 Å². The van der Waals surface area contributed by atoms with Gasteiger partial charge >= 0.3 is 0 Å². The summed E-state index contributed by atoms with van der Waals surface area (Å²) in [5.41, 5.74) is 1.37. The molecular formula is C26H28N6O4S2. The van der Waals surface area contributed by atoms with Crippen LogP contribution in [0.15, 0.2) is 60.7 Å². The van der Waals surface area contributed by atoms with E-state index in [1.165, 1.54) is 22.7 Å². The molecule has 0 aliphatic carbocycles. The molecule has 2 heterocycles. The molecule has 0 saturated carbocycles. The number of carbonyl (C=O) groups excluding carboxylic acids is 2. The number of amides is 2. The quantitative estimate of drug-likeness (QED) is 0.181. The van der Waals surface area contributed by atoms with Crippen molar-refractivity contribution in [1.29, 1.82) is 0 Å². The maximum absolute atomic E-state index is 12.2. The third-order valence-electron chi connectivity index (χ3n) is 5.58. The molecule has 0 spiro atoms. The van der Waals surface area contributed by atoms with E-state index in [9.17, 15) is 19.8 Å². The summed E-state index contributed by atoms with van der Waals surface area (Å²) in [7, 11) is 0. The van der Waals surface area contributed by atoms with Crippen molar-refractivity contribution >= 4 is 44.8 Å². The summed E-state index contributed by atoms with van der Waals surface area (Å²) in [5, 5.41) is 44.5. The minimum atomic E-state index is -0.876. The molecule has 0 aliphatic heterocycles. The number of hydrogen-bond acceptors (Lipinski definition) is 10. The number of nitrogens with zero attached hydrogens (tertiary/aromatic N) is 4. The van der Waals surface area contributed by atoms with Gasteiger partial charge in [0.1, 0.15) is 10.0 Å². The Kier molecular flexibility index (Phi) is 9.98. The van der Waals surface area contributed by atoms with E-state index in [4.69, 9.17) is 0 Å². The van der Waals surface area contributed by atoms with Gasteiger partial charge in [-0.2, -0.15) is 0 Å². The fraction of sp³-hybridized carbons (Fsp3) is 0.308. The van der Waals surface area contributed by atoms with E-state index in [2.05, 4.69) is 31.0 Å². The van der Waals surface area contributed by atoms with Crippen LogP contribution in [-0.2, 0) is 22.4 Å². The average molecular weight is 553 g/mol. The van der Waals surface area contributed by atoms with E-state index in [0.717, 1.165) is 22.9 Å². The van der Waals surface area contributed by atoms with E-state index in [1.54, 1.807) is 24.3 Å². The molecule has 198 valence electrons. The highest BCUT2D eigenvalue weighted by Gasteiger charge is 2.16. The molecule has 2 atom stereocenters. The van der Waals surface area contributed by atoms with Gasteiger partial charge in [0.15, 0.2) is 0 Å². The molecule has 0 bridgehead atoms. The van der Waals surface area contributed by atoms with Crippen molar-refractivity contribution in [3.63, 3.8) is 0 Å². The van der Waals surface area contributed by atoms with Crippen LogP contribution < -0.4 is 10.6 Å². The molecule has 0 radical (unpaired) electrons. The van der Waals surface area contributed by atoms with Gasteiger partial charge < -0.3 is 20.8 Å². The highest BCUT2D eigenvalue weighted by atomic mass is 32.1. The monoisotopic (exact) mass is 552 g/mol. The van der Waals surface area contributed by atoms with Gasteiger partial charge in [0.05, 0.1) is 25.0 Å². The Labute approximate surface area is 227 Å². The van der Waals surface area contributed by atoms with Crippen molar-refractivity contribution in [2.45, 2.75) is 50.7 Å². The SMILES string of the molecule is O=C(C[C@@H](O)c1ccccc1)Nc1nnc(CCCCc2nnc(NC(=O)C[C@H](O)c3ccccc3)s2)s1. The normalized spacial score (nSPS) is 12.6. The number of aliphatic hydroxyl groups excluding tert-OH is 2. The van der Waals surface area contributed by atoms with E-state index < -0.39 is 12.2 Å². The minimum absolute atomic E-state index is 0.0587. The van der Waals surface area contributed by atoms with Crippen LogP contribution in [0, 0.1) is 0 Å². The second kappa shape index (κ2) is 13.8. The zero-order valence-corrected chi connectivity index (χ0v) is 22.1. The summed E-state index contributed by atoms with van der Waals surface area (Å²) in [5.74, 6) is -0.643. The third kappa shape index (κ3) is 8.48. The van der Waals surface area contributed by atoms with Crippen LogP contribution in [0.5, 0.6) is 0 Å². The van der Waals surface area contributed by atoms with Crippen molar-refractivity contribution in [2.24, 2.45) is 0 Å². The summed E-state index contributed by atoms with van der Waals surface area (Å²) < 4.78 is 0. The number of hydrogen-bond donors (Lipinski definition) is 4. The number of benzene rings is 2. The largest absolute Gasteiger partial charge is 0.388 e. The van der Waals surface area contributed by atoms with E-state index >= 15 is 0 Å². The van der Waals surface area contributed by atoms with E-state index in [-0.39, 0.29) is 24.7 Å². The summed E-state index contributed by atoms with van der Waals surface area (Å²) in [6, 6.07) is 18.1. The molecule has 4 rings (SSSR count). The predicted octanol–water partition coefficient (Wildman–Crippen LogP) is 4.08. The smallest absolute Gasteiger partial charge is 0.229 e. The Morgan fingerprint density at radius 1 is 0.658 bits per heavy atom. The first-order valence-electron chi connectivity index (χ1n) is 12.2. The van der Waals surface area contributed by atoms with Gasteiger partial charge in [-0.1, -0.05) is 83.3 Å². The molecule has 2 aromatic heterocycles. The van der Waals surface area contributed by atoms with E-state index in [1.807, 2.05) is 36.4 Å². The summed E-state index contributed by atoms with van der Waals surface area (Å²) >= 11 is 2.63. The second-order valence-electron chi connectivity index (χ2n) is 8.57. The van der Waals surface area contributed by atoms with Crippen LogP contribution in [0.4, 0.5) is 10.3 Å². The van der Waals surface area contributed by atoms with Crippen molar-refractivity contribution < 1.29 is 19.8 Å². The lowest BCUT2D eigenvalue weighted by molar-refractivity contribution is -0.119. The summed E-state index contributed by atoms with van der Waals surface area (Å²) in [6.07, 6.45) is 1.24. The highest BCUT2D eigenvalue weighted by molar-refractivity contribution is 7.15. The van der Waals surface area contributed by atoms with Crippen molar-refractivity contribution in [1.82, 2.24) is 20.4 Å². The lowest BCUT2D eigenvalue weighted by Gasteiger charge is -2.09. The lowest BCUT2D eigenvalue weighted by Crippen LogP contribution is -2.15. The summed E-state index contributed by atoms with van der Waals surface area (Å²) in [6.45, 7) is 0. The van der Waals surface area contributed by atoms with Crippen molar-refractivity contribution in [3.8, 4) is 0 Å². The van der Waals surface area contributed by atoms with Gasteiger partial charge in [0.25, 0.3) is 0 Å². The third-order valence-corrected chi connectivity index (χ3v) is 7.38. The topological polar surface area (TPSA) is 150 Å². The number of aliphatic hydroxyl groups is 2. The molecule has 4 aromatic rings. The molecule has 0 saturated heterocycles. The molecule has 2 aromatic carbocycles. The van der Waals surface area contributed by atoms with Crippen LogP contribution >= 0.6 is 22.7 Å². The van der Waals surface area contributed by atoms with Crippen LogP contribution in [0.25, 0.3) is 0 Å². The number of aromatic nitrogens is 4. The van der Waals surface area contributed by atoms with Crippen LogP contribution in [0.1, 0.15) is 59.0 Å². The molecule has 10 nitrogen and oxygen atoms in total. The maximum Gasteiger partial charge on any atom is 0.229 e. The van der Waals surface area contributed by atoms with Crippen molar-refractivity contribution in [3.05, 3.63) is 81.8 Å².